The zero-order chi connectivity index (χ0) is 16.8. The van der Waals surface area contributed by atoms with Crippen LogP contribution < -0.4 is 10.9 Å². The van der Waals surface area contributed by atoms with Gasteiger partial charge in [0.05, 0.1) is 10.5 Å². The van der Waals surface area contributed by atoms with E-state index in [-0.39, 0.29) is 5.56 Å². The number of carbonyl (C=O) groups excluding carboxylic acids is 1. The first kappa shape index (κ1) is 14.6. The molecule has 2 aromatic rings. The van der Waals surface area contributed by atoms with Gasteiger partial charge >= 0.3 is 11.2 Å². The molecule has 2 aliphatic rings. The van der Waals surface area contributed by atoms with E-state index >= 15 is 0 Å². The summed E-state index contributed by atoms with van der Waals surface area (Å²) in [7, 11) is 0. The topological polar surface area (TPSA) is 105 Å². The molecule has 0 saturated heterocycles. The van der Waals surface area contributed by atoms with Crippen molar-refractivity contribution in [1.29, 1.82) is 0 Å². The highest BCUT2D eigenvalue weighted by molar-refractivity contribution is 5.94. The van der Waals surface area contributed by atoms with Crippen LogP contribution in [0.1, 0.15) is 27.4 Å². The highest BCUT2D eigenvalue weighted by atomic mass is 16.6. The first-order valence-corrected chi connectivity index (χ1v) is 7.79. The number of H-pyrrole nitrogens is 1. The summed E-state index contributed by atoms with van der Waals surface area (Å²) in [5, 5.41) is 13.6. The minimum atomic E-state index is -0.815. The number of aromatic amines is 1. The number of nitrogens with zero attached hydrogens (tertiary/aromatic N) is 1. The molecule has 0 bridgehead atoms. The fourth-order valence-corrected chi connectivity index (χ4v) is 3.81. The molecule has 122 valence electrons. The SMILES string of the molecule is O=C(NC[C@@H]1[C@H]2Cc3ccccc3[C@@H]12)c1c[nH]c(=O)c([N+](=O)[O-])c1. The minimum absolute atomic E-state index is 0.0903. The van der Waals surface area contributed by atoms with E-state index in [0.717, 1.165) is 12.5 Å². The van der Waals surface area contributed by atoms with Gasteiger partial charge in [-0.15, -0.1) is 0 Å². The summed E-state index contributed by atoms with van der Waals surface area (Å²) in [6, 6.07) is 9.39. The van der Waals surface area contributed by atoms with Gasteiger partial charge in [-0.2, -0.15) is 0 Å². The van der Waals surface area contributed by atoms with E-state index in [1.807, 2.05) is 12.1 Å². The monoisotopic (exact) mass is 325 g/mol. The van der Waals surface area contributed by atoms with Gasteiger partial charge in [0.2, 0.25) is 0 Å². The molecule has 2 N–H and O–H groups in total. The maximum absolute atomic E-state index is 12.2. The van der Waals surface area contributed by atoms with Gasteiger partial charge in [0.1, 0.15) is 0 Å². The maximum atomic E-state index is 12.2. The second kappa shape index (κ2) is 5.30. The van der Waals surface area contributed by atoms with Crippen LogP contribution in [0.25, 0.3) is 0 Å². The van der Waals surface area contributed by atoms with Crippen LogP contribution in [0.15, 0.2) is 41.3 Å². The van der Waals surface area contributed by atoms with Crippen molar-refractivity contribution in [2.24, 2.45) is 11.8 Å². The number of carbonyl (C=O) groups is 1. The fourth-order valence-electron chi connectivity index (χ4n) is 3.81. The molecule has 1 aromatic carbocycles. The van der Waals surface area contributed by atoms with Gasteiger partial charge in [-0.3, -0.25) is 19.7 Å². The van der Waals surface area contributed by atoms with E-state index in [9.17, 15) is 19.7 Å². The molecule has 0 unspecified atom stereocenters. The molecule has 4 rings (SSSR count). The smallest absolute Gasteiger partial charge is 0.334 e. The second-order valence-electron chi connectivity index (χ2n) is 6.33. The minimum Gasteiger partial charge on any atom is -0.352 e. The summed E-state index contributed by atoms with van der Waals surface area (Å²) in [6.45, 7) is 0.537. The number of amides is 1. The second-order valence-corrected chi connectivity index (χ2v) is 6.33. The van der Waals surface area contributed by atoms with Crippen LogP contribution >= 0.6 is 0 Å². The summed E-state index contributed by atoms with van der Waals surface area (Å²) >= 11 is 0. The van der Waals surface area contributed by atoms with Crippen LogP contribution in [0.2, 0.25) is 0 Å². The number of hydrogen-bond acceptors (Lipinski definition) is 4. The molecule has 1 saturated carbocycles. The molecular weight excluding hydrogens is 310 g/mol. The number of benzene rings is 1. The number of nitro groups is 1. The Morgan fingerprint density at radius 1 is 1.38 bits per heavy atom. The average Bonchev–Trinajstić information content (AvgIpc) is 3.11. The third kappa shape index (κ3) is 2.29. The maximum Gasteiger partial charge on any atom is 0.334 e. The van der Waals surface area contributed by atoms with Crippen molar-refractivity contribution in [3.8, 4) is 0 Å². The van der Waals surface area contributed by atoms with Crippen LogP contribution in [0.5, 0.6) is 0 Å². The van der Waals surface area contributed by atoms with Crippen molar-refractivity contribution in [2.75, 3.05) is 6.54 Å². The molecule has 7 nitrogen and oxygen atoms in total. The van der Waals surface area contributed by atoms with Crippen molar-refractivity contribution in [3.63, 3.8) is 0 Å². The van der Waals surface area contributed by atoms with E-state index in [4.69, 9.17) is 0 Å². The van der Waals surface area contributed by atoms with Gasteiger partial charge in [-0.05, 0) is 35.3 Å². The summed E-state index contributed by atoms with van der Waals surface area (Å²) in [4.78, 5) is 35.7. The normalized spacial score (nSPS) is 23.2. The predicted molar refractivity (Wildman–Crippen MR) is 85.9 cm³/mol. The number of rotatable bonds is 4. The molecule has 7 heteroatoms. The molecule has 2 aliphatic carbocycles. The Kier molecular flexibility index (Phi) is 3.23. The van der Waals surface area contributed by atoms with Crippen LogP contribution in [0.4, 0.5) is 5.69 Å². The summed E-state index contributed by atoms with van der Waals surface area (Å²) in [5.41, 5.74) is 1.42. The predicted octanol–water partition coefficient (Wildman–Crippen LogP) is 1.60. The Balaban J connectivity index is 1.42. The van der Waals surface area contributed by atoms with Crippen LogP contribution in [0, 0.1) is 22.0 Å². The Morgan fingerprint density at radius 2 is 2.17 bits per heavy atom. The molecule has 0 aliphatic heterocycles. The molecule has 3 atom stereocenters. The number of aromatic nitrogens is 1. The van der Waals surface area contributed by atoms with Crippen molar-refractivity contribution in [1.82, 2.24) is 10.3 Å². The van der Waals surface area contributed by atoms with Gasteiger partial charge in [-0.1, -0.05) is 24.3 Å². The third-order valence-electron chi connectivity index (χ3n) is 5.04. The van der Waals surface area contributed by atoms with Crippen molar-refractivity contribution in [2.45, 2.75) is 12.3 Å². The van der Waals surface area contributed by atoms with Gasteiger partial charge in [-0.25, -0.2) is 0 Å². The van der Waals surface area contributed by atoms with E-state index in [1.165, 1.54) is 17.3 Å². The number of nitrogens with one attached hydrogen (secondary N) is 2. The number of hydrogen-bond donors (Lipinski definition) is 2. The van der Waals surface area contributed by atoms with Gasteiger partial charge in [0.25, 0.3) is 5.91 Å². The quantitative estimate of drug-likeness (QED) is 0.658. The average molecular weight is 325 g/mol. The molecule has 0 spiro atoms. The zero-order valence-corrected chi connectivity index (χ0v) is 12.7. The lowest BCUT2D eigenvalue weighted by Crippen LogP contribution is -2.27. The zero-order valence-electron chi connectivity index (χ0n) is 12.7. The molecule has 0 radical (unpaired) electrons. The number of pyridine rings is 1. The largest absolute Gasteiger partial charge is 0.352 e. The van der Waals surface area contributed by atoms with E-state index in [1.54, 1.807) is 0 Å². The fraction of sp³-hybridized carbons (Fsp3) is 0.294. The van der Waals surface area contributed by atoms with Crippen LogP contribution in [-0.4, -0.2) is 22.4 Å². The lowest BCUT2D eigenvalue weighted by Gasteiger charge is -2.09. The van der Waals surface area contributed by atoms with Crippen LogP contribution in [0.3, 0.4) is 0 Å². The molecular formula is C17H15N3O4. The summed E-state index contributed by atoms with van der Waals surface area (Å²) < 4.78 is 0. The van der Waals surface area contributed by atoms with Gasteiger partial charge < -0.3 is 10.3 Å². The van der Waals surface area contributed by atoms with E-state index < -0.39 is 22.1 Å². The molecule has 24 heavy (non-hydrogen) atoms. The van der Waals surface area contributed by atoms with Gasteiger partial charge in [0.15, 0.2) is 0 Å². The summed E-state index contributed by atoms with van der Waals surface area (Å²) in [6.07, 6.45) is 2.25. The van der Waals surface area contributed by atoms with Gasteiger partial charge in [0, 0.05) is 18.8 Å². The van der Waals surface area contributed by atoms with E-state index in [2.05, 4.69) is 22.4 Å². The van der Waals surface area contributed by atoms with E-state index in [0.29, 0.717) is 24.3 Å². The summed E-state index contributed by atoms with van der Waals surface area (Å²) in [5.74, 6) is 1.09. The van der Waals surface area contributed by atoms with Crippen molar-refractivity contribution < 1.29 is 9.72 Å². The molecule has 1 aromatic heterocycles. The lowest BCUT2D eigenvalue weighted by molar-refractivity contribution is -0.386. The number of fused-ring (bicyclic) bond motifs is 3. The standard InChI is InChI=1S/C17H15N3O4/c21-16(10-6-14(20(23)24)17(22)18-7-10)19-8-13-12-5-9-3-1-2-4-11(9)15(12)13/h1-4,6-7,12-13,15H,5,8H2,(H,18,22)(H,19,21)/t12-,13-,15-/m1/s1. The van der Waals surface area contributed by atoms with Crippen LogP contribution in [-0.2, 0) is 6.42 Å². The Bertz CT molecular complexity index is 905. The Labute approximate surface area is 136 Å². The molecule has 1 heterocycles. The van der Waals surface area contributed by atoms with Crippen molar-refractivity contribution in [3.05, 3.63) is 73.7 Å². The lowest BCUT2D eigenvalue weighted by atomic mass is 10.0. The van der Waals surface area contributed by atoms with Crippen molar-refractivity contribution >= 4 is 11.6 Å². The first-order valence-electron chi connectivity index (χ1n) is 7.79. The Hall–Kier alpha value is -2.96. The highest BCUT2D eigenvalue weighted by Gasteiger charge is 2.54. The first-order chi connectivity index (χ1) is 11.6. The highest BCUT2D eigenvalue weighted by Crippen LogP contribution is 2.60. The third-order valence-corrected chi connectivity index (χ3v) is 5.04. The molecule has 1 fully saturated rings. The molecule has 1 amide bonds. The Morgan fingerprint density at radius 3 is 2.96 bits per heavy atom.